The van der Waals surface area contributed by atoms with Crippen LogP contribution in [0.5, 0.6) is 0 Å². The maximum absolute atomic E-state index is 5.45. The lowest BCUT2D eigenvalue weighted by Gasteiger charge is -2.43. The summed E-state index contributed by atoms with van der Waals surface area (Å²) in [6, 6.07) is 0. The van der Waals surface area contributed by atoms with Gasteiger partial charge in [-0.15, -0.1) is 10.3 Å². The van der Waals surface area contributed by atoms with Crippen molar-refractivity contribution in [2.45, 2.75) is 25.5 Å². The van der Waals surface area contributed by atoms with Crippen LogP contribution in [0.15, 0.2) is 0 Å². The third kappa shape index (κ3) is 2.48. The molecule has 0 rings (SSSR count). The second kappa shape index (κ2) is 3.11. The summed E-state index contributed by atoms with van der Waals surface area (Å²) in [4.78, 5) is 0. The average molecular weight is 165 g/mol. The van der Waals surface area contributed by atoms with E-state index in [0.29, 0.717) is 6.73 Å². The molecule has 0 atom stereocenters. The SMILES string of the molecule is CC(C)(C)S(C)(C)OCN. The maximum atomic E-state index is 5.45. The Morgan fingerprint density at radius 3 is 1.80 bits per heavy atom. The Morgan fingerprint density at radius 2 is 1.70 bits per heavy atom. The van der Waals surface area contributed by atoms with Gasteiger partial charge in [0.25, 0.3) is 0 Å². The van der Waals surface area contributed by atoms with Crippen molar-refractivity contribution in [3.05, 3.63) is 0 Å². The van der Waals surface area contributed by atoms with E-state index in [0.717, 1.165) is 0 Å². The molecule has 3 heteroatoms. The first kappa shape index (κ1) is 10.3. The van der Waals surface area contributed by atoms with Crippen molar-refractivity contribution < 1.29 is 4.18 Å². The number of hydrogen-bond donors (Lipinski definition) is 1. The van der Waals surface area contributed by atoms with Gasteiger partial charge < -0.3 is 9.92 Å². The van der Waals surface area contributed by atoms with E-state index in [9.17, 15) is 0 Å². The van der Waals surface area contributed by atoms with Gasteiger partial charge in [0.15, 0.2) is 0 Å². The third-order valence-electron chi connectivity index (χ3n) is 1.84. The zero-order valence-corrected chi connectivity index (χ0v) is 8.42. The lowest BCUT2D eigenvalue weighted by atomic mass is 10.3. The molecule has 0 radical (unpaired) electrons. The van der Waals surface area contributed by atoms with Crippen LogP contribution < -0.4 is 5.73 Å². The minimum Gasteiger partial charge on any atom is -0.322 e. The van der Waals surface area contributed by atoms with Crippen LogP contribution in [0.4, 0.5) is 0 Å². The molecular weight excluding hydrogens is 146 g/mol. The first-order valence-corrected chi connectivity index (χ1v) is 5.76. The smallest absolute Gasteiger partial charge is 0.107 e. The second-order valence-electron chi connectivity index (χ2n) is 3.63. The molecule has 0 saturated heterocycles. The Labute approximate surface area is 65.7 Å². The van der Waals surface area contributed by atoms with Gasteiger partial charge in [0.2, 0.25) is 0 Å². The first-order chi connectivity index (χ1) is 4.31. The molecule has 0 fully saturated rings. The van der Waals surface area contributed by atoms with Gasteiger partial charge in [0.1, 0.15) is 6.73 Å². The fourth-order valence-electron chi connectivity index (χ4n) is 0.347. The zero-order valence-electron chi connectivity index (χ0n) is 7.60. The summed E-state index contributed by atoms with van der Waals surface area (Å²) < 4.78 is 5.68. The predicted molar refractivity (Wildman–Crippen MR) is 49.3 cm³/mol. The van der Waals surface area contributed by atoms with Crippen molar-refractivity contribution in [2.24, 2.45) is 5.73 Å². The highest BCUT2D eigenvalue weighted by molar-refractivity contribution is 8.29. The minimum atomic E-state index is -0.973. The quantitative estimate of drug-likeness (QED) is 0.632. The zero-order chi connectivity index (χ0) is 8.41. The third-order valence-corrected chi connectivity index (χ3v) is 5.51. The lowest BCUT2D eigenvalue weighted by Crippen LogP contribution is -2.26. The van der Waals surface area contributed by atoms with Crippen LogP contribution in [-0.2, 0) is 4.18 Å². The van der Waals surface area contributed by atoms with Gasteiger partial charge in [-0.3, -0.25) is 0 Å². The molecule has 0 aromatic heterocycles. The summed E-state index contributed by atoms with van der Waals surface area (Å²) in [6.07, 6.45) is 4.28. The summed E-state index contributed by atoms with van der Waals surface area (Å²) in [6.45, 7) is 6.87. The summed E-state index contributed by atoms with van der Waals surface area (Å²) >= 11 is 0. The van der Waals surface area contributed by atoms with E-state index < -0.39 is 10.3 Å². The van der Waals surface area contributed by atoms with Crippen molar-refractivity contribution in [1.82, 2.24) is 0 Å². The molecule has 0 saturated carbocycles. The van der Waals surface area contributed by atoms with Gasteiger partial charge in [0.05, 0.1) is 0 Å². The van der Waals surface area contributed by atoms with Crippen molar-refractivity contribution in [2.75, 3.05) is 19.2 Å². The summed E-state index contributed by atoms with van der Waals surface area (Å²) in [5.41, 5.74) is 5.31. The van der Waals surface area contributed by atoms with E-state index in [4.69, 9.17) is 9.92 Å². The highest BCUT2D eigenvalue weighted by Gasteiger charge is 2.27. The minimum absolute atomic E-state index is 0.229. The standard InChI is InChI=1S/C7H19NOS/c1-7(2,3)10(4,5)9-6-8/h6,8H2,1-5H3. The fourth-order valence-corrected chi connectivity index (χ4v) is 1.04. The van der Waals surface area contributed by atoms with Crippen molar-refractivity contribution in [3.63, 3.8) is 0 Å². The van der Waals surface area contributed by atoms with Crippen molar-refractivity contribution in [1.29, 1.82) is 0 Å². The van der Waals surface area contributed by atoms with E-state index in [-0.39, 0.29) is 4.75 Å². The van der Waals surface area contributed by atoms with Crippen LogP contribution in [-0.4, -0.2) is 24.0 Å². The van der Waals surface area contributed by atoms with Gasteiger partial charge in [-0.25, -0.2) is 0 Å². The molecule has 64 valence electrons. The lowest BCUT2D eigenvalue weighted by molar-refractivity contribution is 0.363. The van der Waals surface area contributed by atoms with Gasteiger partial charge in [-0.1, -0.05) is 20.8 Å². The number of nitrogens with two attached hydrogens (primary N) is 1. The molecule has 0 spiro atoms. The van der Waals surface area contributed by atoms with Crippen LogP contribution in [0, 0.1) is 0 Å². The normalized spacial score (nSPS) is 15.4. The van der Waals surface area contributed by atoms with Crippen LogP contribution in [0.1, 0.15) is 20.8 Å². The van der Waals surface area contributed by atoms with Crippen molar-refractivity contribution >= 4 is 10.3 Å². The first-order valence-electron chi connectivity index (χ1n) is 3.38. The maximum Gasteiger partial charge on any atom is 0.107 e. The highest BCUT2D eigenvalue weighted by atomic mass is 32.3. The molecule has 0 aromatic rings. The van der Waals surface area contributed by atoms with E-state index in [1.807, 2.05) is 0 Å². The molecule has 0 aliphatic heterocycles. The molecule has 0 amide bonds. The van der Waals surface area contributed by atoms with E-state index in [1.165, 1.54) is 0 Å². The Kier molecular flexibility index (Phi) is 3.20. The van der Waals surface area contributed by atoms with E-state index >= 15 is 0 Å². The van der Waals surface area contributed by atoms with Gasteiger partial charge in [-0.05, 0) is 12.5 Å². The van der Waals surface area contributed by atoms with E-state index in [1.54, 1.807) is 0 Å². The Bertz CT molecular complexity index is 107. The molecule has 2 N–H and O–H groups in total. The topological polar surface area (TPSA) is 35.2 Å². The fraction of sp³-hybridized carbons (Fsp3) is 1.00. The number of hydrogen-bond acceptors (Lipinski definition) is 2. The molecule has 0 bridgehead atoms. The Hall–Kier alpha value is 0.270. The highest BCUT2D eigenvalue weighted by Crippen LogP contribution is 2.53. The molecule has 0 unspecified atom stereocenters. The molecule has 10 heavy (non-hydrogen) atoms. The van der Waals surface area contributed by atoms with Crippen LogP contribution >= 0.6 is 10.3 Å². The molecular formula is C7H19NOS. The van der Waals surface area contributed by atoms with Gasteiger partial charge in [-0.2, -0.15) is 0 Å². The molecule has 0 aliphatic rings. The van der Waals surface area contributed by atoms with Crippen LogP contribution in [0.25, 0.3) is 0 Å². The van der Waals surface area contributed by atoms with Crippen LogP contribution in [0.2, 0.25) is 0 Å². The Balaban J connectivity index is 4.10. The van der Waals surface area contributed by atoms with Gasteiger partial charge in [0, 0.05) is 4.75 Å². The summed E-state index contributed by atoms with van der Waals surface area (Å²) in [5.74, 6) is 0. The second-order valence-corrected chi connectivity index (χ2v) is 7.56. The van der Waals surface area contributed by atoms with Crippen LogP contribution in [0.3, 0.4) is 0 Å². The predicted octanol–water partition coefficient (Wildman–Crippen LogP) is 1.70. The molecule has 0 aromatic carbocycles. The summed E-state index contributed by atoms with van der Waals surface area (Å²) in [7, 11) is -0.973. The largest absolute Gasteiger partial charge is 0.322 e. The van der Waals surface area contributed by atoms with Gasteiger partial charge >= 0.3 is 0 Å². The average Bonchev–Trinajstić information content (AvgIpc) is 1.61. The molecule has 0 aliphatic carbocycles. The van der Waals surface area contributed by atoms with Crippen molar-refractivity contribution in [3.8, 4) is 0 Å². The van der Waals surface area contributed by atoms with E-state index in [2.05, 4.69) is 33.3 Å². The summed E-state index contributed by atoms with van der Waals surface area (Å²) in [5, 5.41) is 0. The monoisotopic (exact) mass is 165 g/mol. The number of rotatable bonds is 2. The Morgan fingerprint density at radius 1 is 1.30 bits per heavy atom. The molecule has 0 heterocycles. The molecule has 2 nitrogen and oxygen atoms in total.